The second-order valence-corrected chi connectivity index (χ2v) is 4.31. The molecule has 0 radical (unpaired) electrons. The third kappa shape index (κ3) is 3.94. The van der Waals surface area contributed by atoms with E-state index in [0.717, 1.165) is 0 Å². The Morgan fingerprint density at radius 2 is 2.26 bits per heavy atom. The number of amidine groups is 1. The van der Waals surface area contributed by atoms with Gasteiger partial charge < -0.3 is 15.8 Å². The lowest BCUT2D eigenvalue weighted by atomic mass is 10.0. The van der Waals surface area contributed by atoms with E-state index in [2.05, 4.69) is 5.16 Å². The lowest BCUT2D eigenvalue weighted by molar-refractivity contribution is -0.132. The van der Waals surface area contributed by atoms with Crippen LogP contribution in [0.25, 0.3) is 0 Å². The molecule has 0 spiro atoms. The SMILES string of the molecule is CCC(C(=O)N(C)Cc1cccc(F)c1)C(N)=NO. The number of hydrogen-bond acceptors (Lipinski definition) is 3. The van der Waals surface area contributed by atoms with Crippen LogP contribution in [-0.2, 0) is 11.3 Å². The average molecular weight is 267 g/mol. The lowest BCUT2D eigenvalue weighted by Gasteiger charge is -2.22. The van der Waals surface area contributed by atoms with E-state index in [1.54, 1.807) is 26.1 Å². The van der Waals surface area contributed by atoms with Gasteiger partial charge in [-0.15, -0.1) is 0 Å². The Labute approximate surface area is 111 Å². The second kappa shape index (κ2) is 6.72. The van der Waals surface area contributed by atoms with E-state index >= 15 is 0 Å². The van der Waals surface area contributed by atoms with Crippen LogP contribution in [0.4, 0.5) is 4.39 Å². The summed E-state index contributed by atoms with van der Waals surface area (Å²) in [5.41, 5.74) is 6.16. The van der Waals surface area contributed by atoms with Crippen molar-refractivity contribution >= 4 is 11.7 Å². The molecule has 19 heavy (non-hydrogen) atoms. The minimum Gasteiger partial charge on any atom is -0.409 e. The van der Waals surface area contributed by atoms with Crippen LogP contribution in [0.2, 0.25) is 0 Å². The summed E-state index contributed by atoms with van der Waals surface area (Å²) >= 11 is 0. The zero-order valence-electron chi connectivity index (χ0n) is 11.0. The van der Waals surface area contributed by atoms with E-state index in [-0.39, 0.29) is 24.1 Å². The van der Waals surface area contributed by atoms with Gasteiger partial charge in [-0.2, -0.15) is 0 Å². The number of benzene rings is 1. The second-order valence-electron chi connectivity index (χ2n) is 4.31. The highest BCUT2D eigenvalue weighted by Crippen LogP contribution is 2.11. The zero-order chi connectivity index (χ0) is 14.4. The van der Waals surface area contributed by atoms with Crippen molar-refractivity contribution in [1.82, 2.24) is 4.90 Å². The third-order valence-electron chi connectivity index (χ3n) is 2.86. The number of hydrogen-bond donors (Lipinski definition) is 2. The van der Waals surface area contributed by atoms with Crippen molar-refractivity contribution in [2.75, 3.05) is 7.05 Å². The van der Waals surface area contributed by atoms with Crippen molar-refractivity contribution in [3.05, 3.63) is 35.6 Å². The summed E-state index contributed by atoms with van der Waals surface area (Å²) in [5.74, 6) is -1.38. The van der Waals surface area contributed by atoms with Gasteiger partial charge >= 0.3 is 0 Å². The summed E-state index contributed by atoms with van der Waals surface area (Å²) in [4.78, 5) is 13.6. The van der Waals surface area contributed by atoms with Crippen LogP contribution in [0, 0.1) is 11.7 Å². The Balaban J connectivity index is 2.77. The summed E-state index contributed by atoms with van der Waals surface area (Å²) in [6.45, 7) is 2.04. The Morgan fingerprint density at radius 1 is 1.58 bits per heavy atom. The molecule has 0 heterocycles. The normalized spacial score (nSPS) is 13.1. The quantitative estimate of drug-likeness (QED) is 0.368. The largest absolute Gasteiger partial charge is 0.409 e. The molecule has 0 saturated carbocycles. The molecule has 0 aromatic heterocycles. The van der Waals surface area contributed by atoms with Crippen molar-refractivity contribution in [3.8, 4) is 0 Å². The van der Waals surface area contributed by atoms with Crippen LogP contribution < -0.4 is 5.73 Å². The van der Waals surface area contributed by atoms with Gasteiger partial charge in [-0.1, -0.05) is 24.2 Å². The maximum absolute atomic E-state index is 13.1. The van der Waals surface area contributed by atoms with Gasteiger partial charge in [0.2, 0.25) is 5.91 Å². The van der Waals surface area contributed by atoms with Crippen molar-refractivity contribution in [2.24, 2.45) is 16.8 Å². The molecule has 1 unspecified atom stereocenters. The molecule has 0 bridgehead atoms. The molecule has 5 nitrogen and oxygen atoms in total. The first-order valence-electron chi connectivity index (χ1n) is 5.96. The van der Waals surface area contributed by atoms with Crippen molar-refractivity contribution in [2.45, 2.75) is 19.9 Å². The smallest absolute Gasteiger partial charge is 0.233 e. The first kappa shape index (κ1) is 14.9. The number of nitrogens with two attached hydrogens (primary N) is 1. The van der Waals surface area contributed by atoms with Gasteiger partial charge in [0, 0.05) is 13.6 Å². The van der Waals surface area contributed by atoms with Crippen molar-refractivity contribution < 1.29 is 14.4 Å². The Morgan fingerprint density at radius 3 is 2.79 bits per heavy atom. The van der Waals surface area contributed by atoms with Gasteiger partial charge in [-0.05, 0) is 24.1 Å². The molecule has 1 atom stereocenters. The van der Waals surface area contributed by atoms with Gasteiger partial charge in [0.05, 0.1) is 5.92 Å². The van der Waals surface area contributed by atoms with Crippen molar-refractivity contribution in [3.63, 3.8) is 0 Å². The molecule has 0 aliphatic rings. The first-order valence-corrected chi connectivity index (χ1v) is 5.96. The van der Waals surface area contributed by atoms with E-state index in [9.17, 15) is 9.18 Å². The molecule has 0 saturated heterocycles. The standard InChI is InChI=1S/C13H18FN3O2/c1-3-11(12(15)16-19)13(18)17(2)8-9-5-4-6-10(14)7-9/h4-7,11,19H,3,8H2,1-2H3,(H2,15,16). The number of carbonyl (C=O) groups is 1. The summed E-state index contributed by atoms with van der Waals surface area (Å²) < 4.78 is 13.1. The minimum atomic E-state index is -0.663. The number of oxime groups is 1. The molecule has 6 heteroatoms. The molecule has 0 aliphatic carbocycles. The van der Waals surface area contributed by atoms with Gasteiger partial charge in [0.1, 0.15) is 5.82 Å². The lowest BCUT2D eigenvalue weighted by Crippen LogP contribution is -2.39. The van der Waals surface area contributed by atoms with Crippen LogP contribution in [0.1, 0.15) is 18.9 Å². The minimum absolute atomic E-state index is 0.112. The van der Waals surface area contributed by atoms with Gasteiger partial charge in [0.15, 0.2) is 5.84 Å². The molecule has 104 valence electrons. The molecular weight excluding hydrogens is 249 g/mol. The Hall–Kier alpha value is -2.11. The molecular formula is C13H18FN3O2. The highest BCUT2D eigenvalue weighted by atomic mass is 19.1. The van der Waals surface area contributed by atoms with Gasteiger partial charge in [-0.3, -0.25) is 4.79 Å². The van der Waals surface area contributed by atoms with Crippen molar-refractivity contribution in [1.29, 1.82) is 0 Å². The molecule has 0 aliphatic heterocycles. The summed E-state index contributed by atoms with van der Waals surface area (Å²) in [6, 6.07) is 6.03. The number of nitrogens with zero attached hydrogens (tertiary/aromatic N) is 2. The van der Waals surface area contributed by atoms with Gasteiger partial charge in [0.25, 0.3) is 0 Å². The number of rotatable bonds is 5. The third-order valence-corrected chi connectivity index (χ3v) is 2.86. The predicted octanol–water partition coefficient (Wildman–Crippen LogP) is 1.56. The fourth-order valence-corrected chi connectivity index (χ4v) is 1.83. The van der Waals surface area contributed by atoms with Crippen LogP contribution in [0.15, 0.2) is 29.4 Å². The number of carbonyl (C=O) groups excluding carboxylic acids is 1. The molecule has 0 fully saturated rings. The van der Waals surface area contributed by atoms with E-state index in [1.165, 1.54) is 17.0 Å². The zero-order valence-corrected chi connectivity index (χ0v) is 11.0. The van der Waals surface area contributed by atoms with Gasteiger partial charge in [-0.25, -0.2) is 4.39 Å². The van der Waals surface area contributed by atoms with E-state index in [4.69, 9.17) is 10.9 Å². The summed E-state index contributed by atoms with van der Waals surface area (Å²) in [5, 5.41) is 11.5. The Kier molecular flexibility index (Phi) is 5.29. The number of halogens is 1. The highest BCUT2D eigenvalue weighted by molar-refractivity contribution is 6.01. The maximum atomic E-state index is 13.1. The molecule has 1 aromatic rings. The molecule has 3 N–H and O–H groups in total. The van der Waals surface area contributed by atoms with E-state index in [1.807, 2.05) is 0 Å². The average Bonchev–Trinajstić information content (AvgIpc) is 2.39. The highest BCUT2D eigenvalue weighted by Gasteiger charge is 2.24. The fraction of sp³-hybridized carbons (Fsp3) is 0.385. The predicted molar refractivity (Wildman–Crippen MR) is 70.1 cm³/mol. The van der Waals surface area contributed by atoms with Crippen LogP contribution in [0.3, 0.4) is 0 Å². The summed E-state index contributed by atoms with van der Waals surface area (Å²) in [6.07, 6.45) is 0.433. The molecule has 1 aromatic carbocycles. The topological polar surface area (TPSA) is 78.9 Å². The maximum Gasteiger partial charge on any atom is 0.233 e. The summed E-state index contributed by atoms with van der Waals surface area (Å²) in [7, 11) is 1.60. The fourth-order valence-electron chi connectivity index (χ4n) is 1.83. The van der Waals surface area contributed by atoms with Crippen LogP contribution in [0.5, 0.6) is 0 Å². The molecule has 1 rings (SSSR count). The van der Waals surface area contributed by atoms with E-state index < -0.39 is 5.92 Å². The Bertz CT molecular complexity index is 477. The van der Waals surface area contributed by atoms with Crippen LogP contribution >= 0.6 is 0 Å². The first-order chi connectivity index (χ1) is 8.99. The monoisotopic (exact) mass is 267 g/mol. The van der Waals surface area contributed by atoms with E-state index in [0.29, 0.717) is 12.0 Å². The number of amides is 1. The molecule has 1 amide bonds. The van der Waals surface area contributed by atoms with Crippen LogP contribution in [-0.4, -0.2) is 28.9 Å².